The van der Waals surface area contributed by atoms with Gasteiger partial charge in [-0.1, -0.05) is 30.7 Å². The van der Waals surface area contributed by atoms with Crippen molar-refractivity contribution in [1.82, 2.24) is 4.90 Å². The van der Waals surface area contributed by atoms with Crippen molar-refractivity contribution < 1.29 is 23.7 Å². The zero-order valence-corrected chi connectivity index (χ0v) is 16.9. The van der Waals surface area contributed by atoms with Crippen LogP contribution in [0.2, 0.25) is 5.02 Å². The van der Waals surface area contributed by atoms with E-state index in [-0.39, 0.29) is 18.6 Å². The van der Waals surface area contributed by atoms with Crippen LogP contribution in [0, 0.1) is 0 Å². The van der Waals surface area contributed by atoms with Crippen LogP contribution in [0.4, 0.5) is 5.69 Å². The Morgan fingerprint density at radius 3 is 2.59 bits per heavy atom. The molecule has 0 bridgehead atoms. The molecule has 2 aliphatic rings. The Bertz CT molecular complexity index is 891. The molecule has 0 radical (unpaired) electrons. The molecule has 2 heterocycles. The van der Waals surface area contributed by atoms with Gasteiger partial charge in [0.25, 0.3) is 0 Å². The van der Waals surface area contributed by atoms with E-state index in [1.54, 1.807) is 12.1 Å². The van der Waals surface area contributed by atoms with E-state index < -0.39 is 0 Å². The third kappa shape index (κ3) is 4.68. The molecule has 4 rings (SSSR count). The highest BCUT2D eigenvalue weighted by Crippen LogP contribution is 2.38. The fourth-order valence-corrected chi connectivity index (χ4v) is 3.50. The van der Waals surface area contributed by atoms with E-state index in [1.165, 1.54) is 0 Å². The van der Waals surface area contributed by atoms with Crippen LogP contribution in [0.15, 0.2) is 36.4 Å². The lowest BCUT2D eigenvalue weighted by molar-refractivity contribution is -0.117. The first kappa shape index (κ1) is 19.7. The second kappa shape index (κ2) is 8.80. The highest BCUT2D eigenvalue weighted by Gasteiger charge is 2.24. The Morgan fingerprint density at radius 1 is 1.10 bits per heavy atom. The lowest BCUT2D eigenvalue weighted by Crippen LogP contribution is -2.43. The van der Waals surface area contributed by atoms with Crippen LogP contribution in [0.25, 0.3) is 0 Å². The number of amides is 1. The molecule has 0 saturated heterocycles. The van der Waals surface area contributed by atoms with Gasteiger partial charge >= 0.3 is 0 Å². The van der Waals surface area contributed by atoms with Gasteiger partial charge in [0.15, 0.2) is 23.0 Å². The molecule has 2 aromatic carbocycles. The van der Waals surface area contributed by atoms with Crippen LogP contribution in [-0.4, -0.2) is 56.4 Å². The number of carbonyl (C=O) groups excluding carboxylic acids is 1. The molecular formula is C21H23ClN2O5. The average Bonchev–Trinajstić information content (AvgIpc) is 2.73. The second-order valence-electron chi connectivity index (χ2n) is 6.85. The zero-order chi connectivity index (χ0) is 20.2. The average molecular weight is 419 g/mol. The Balaban J connectivity index is 1.35. The van der Waals surface area contributed by atoms with Crippen molar-refractivity contribution in [2.45, 2.75) is 13.0 Å². The largest absolute Gasteiger partial charge is 0.486 e. The third-order valence-corrected chi connectivity index (χ3v) is 5.06. The molecule has 0 fully saturated rings. The predicted molar refractivity (Wildman–Crippen MR) is 110 cm³/mol. The number of likely N-dealkylation sites (N-methyl/N-ethyl adjacent to an activating group) is 1. The fraction of sp³-hybridized carbons (Fsp3) is 0.381. The smallest absolute Gasteiger partial charge is 0.238 e. The van der Waals surface area contributed by atoms with E-state index >= 15 is 0 Å². The number of carbonyl (C=O) groups is 1. The third-order valence-electron chi connectivity index (χ3n) is 4.75. The standard InChI is InChI=1S/C21H23ClN2O5/c1-2-24(11-14-13-28-17-5-3-4-6-18(17)29-14)12-21(25)23-16-10-20-19(9-15(16)22)26-7-8-27-20/h3-6,9-10,14H,2,7-8,11-13H2,1H3,(H,23,25). The van der Waals surface area contributed by atoms with Crippen LogP contribution in [-0.2, 0) is 4.79 Å². The predicted octanol–water partition coefficient (Wildman–Crippen LogP) is 3.21. The number of hydrogen-bond acceptors (Lipinski definition) is 6. The van der Waals surface area contributed by atoms with E-state index in [0.717, 1.165) is 11.5 Å². The summed E-state index contributed by atoms with van der Waals surface area (Å²) in [6.07, 6.45) is -0.143. The molecule has 8 heteroatoms. The molecule has 1 atom stereocenters. The number of hydrogen-bond donors (Lipinski definition) is 1. The van der Waals surface area contributed by atoms with Gasteiger partial charge in [0.1, 0.15) is 25.9 Å². The highest BCUT2D eigenvalue weighted by atomic mass is 35.5. The molecule has 0 aliphatic carbocycles. The van der Waals surface area contributed by atoms with Gasteiger partial charge < -0.3 is 24.3 Å². The number of nitrogens with one attached hydrogen (secondary N) is 1. The monoisotopic (exact) mass is 418 g/mol. The minimum Gasteiger partial charge on any atom is -0.486 e. The molecular weight excluding hydrogens is 396 g/mol. The van der Waals surface area contributed by atoms with Gasteiger partial charge in [0.05, 0.1) is 17.3 Å². The highest BCUT2D eigenvalue weighted by molar-refractivity contribution is 6.34. The maximum atomic E-state index is 12.6. The first-order chi connectivity index (χ1) is 14.1. The molecule has 0 spiro atoms. The molecule has 1 amide bonds. The topological polar surface area (TPSA) is 69.3 Å². The van der Waals surface area contributed by atoms with Gasteiger partial charge in [0.2, 0.25) is 5.91 Å². The van der Waals surface area contributed by atoms with E-state index in [2.05, 4.69) is 5.32 Å². The summed E-state index contributed by atoms with van der Waals surface area (Å²) in [7, 11) is 0. The van der Waals surface area contributed by atoms with Gasteiger partial charge in [0, 0.05) is 18.7 Å². The van der Waals surface area contributed by atoms with Crippen LogP contribution < -0.4 is 24.3 Å². The van der Waals surface area contributed by atoms with Gasteiger partial charge in [-0.25, -0.2) is 0 Å². The number of ether oxygens (including phenoxy) is 4. The lowest BCUT2D eigenvalue weighted by Gasteiger charge is -2.30. The van der Waals surface area contributed by atoms with Crippen LogP contribution >= 0.6 is 11.6 Å². The minimum absolute atomic E-state index is 0.143. The summed E-state index contributed by atoms with van der Waals surface area (Å²) in [5.41, 5.74) is 0.503. The number of nitrogens with zero attached hydrogens (tertiary/aromatic N) is 1. The molecule has 154 valence electrons. The SMILES string of the molecule is CCN(CC(=O)Nc1cc2c(cc1Cl)OCCO2)CC1COc2ccccc2O1. The van der Waals surface area contributed by atoms with Gasteiger partial charge in [-0.2, -0.15) is 0 Å². The molecule has 7 nitrogen and oxygen atoms in total. The minimum atomic E-state index is -0.164. The number of halogens is 1. The first-order valence-corrected chi connectivity index (χ1v) is 10.00. The molecule has 29 heavy (non-hydrogen) atoms. The van der Waals surface area contributed by atoms with E-state index in [4.69, 9.17) is 30.5 Å². The number of para-hydroxylation sites is 2. The van der Waals surface area contributed by atoms with E-state index in [9.17, 15) is 4.79 Å². The molecule has 2 aromatic rings. The Hall–Kier alpha value is -2.64. The normalized spacial score (nSPS) is 17.1. The molecule has 1 N–H and O–H groups in total. The number of benzene rings is 2. The van der Waals surface area contributed by atoms with Crippen molar-refractivity contribution >= 4 is 23.2 Å². The van der Waals surface area contributed by atoms with Crippen LogP contribution in [0.5, 0.6) is 23.0 Å². The van der Waals surface area contributed by atoms with Gasteiger partial charge in [-0.05, 0) is 18.7 Å². The van der Waals surface area contributed by atoms with Gasteiger partial charge in [-0.15, -0.1) is 0 Å². The zero-order valence-electron chi connectivity index (χ0n) is 16.2. The second-order valence-corrected chi connectivity index (χ2v) is 7.26. The molecule has 0 aromatic heterocycles. The van der Waals surface area contributed by atoms with Gasteiger partial charge in [-0.3, -0.25) is 9.69 Å². The number of anilines is 1. The summed E-state index contributed by atoms with van der Waals surface area (Å²) < 4.78 is 22.8. The Kier molecular flexibility index (Phi) is 5.97. The first-order valence-electron chi connectivity index (χ1n) is 9.62. The summed E-state index contributed by atoms with van der Waals surface area (Å²) in [5, 5.41) is 3.27. The Labute approximate surface area is 174 Å². The van der Waals surface area contributed by atoms with Crippen molar-refractivity contribution in [3.8, 4) is 23.0 Å². The van der Waals surface area contributed by atoms with Crippen molar-refractivity contribution in [3.63, 3.8) is 0 Å². The van der Waals surface area contributed by atoms with Crippen molar-refractivity contribution in [2.24, 2.45) is 0 Å². The summed E-state index contributed by atoms with van der Waals surface area (Å²) in [5.74, 6) is 2.48. The quantitative estimate of drug-likeness (QED) is 0.776. The summed E-state index contributed by atoms with van der Waals surface area (Å²) in [6, 6.07) is 10.9. The maximum Gasteiger partial charge on any atom is 0.238 e. The maximum absolute atomic E-state index is 12.6. The summed E-state index contributed by atoms with van der Waals surface area (Å²) in [6.45, 7) is 4.89. The molecule has 1 unspecified atom stereocenters. The number of fused-ring (bicyclic) bond motifs is 2. The van der Waals surface area contributed by atoms with Crippen LogP contribution in [0.1, 0.15) is 6.92 Å². The van der Waals surface area contributed by atoms with Crippen molar-refractivity contribution in [3.05, 3.63) is 41.4 Å². The summed E-state index contributed by atoms with van der Waals surface area (Å²) >= 11 is 6.28. The fourth-order valence-electron chi connectivity index (χ4n) is 3.30. The van der Waals surface area contributed by atoms with Crippen molar-refractivity contribution in [1.29, 1.82) is 0 Å². The van der Waals surface area contributed by atoms with E-state index in [0.29, 0.717) is 55.1 Å². The van der Waals surface area contributed by atoms with Crippen LogP contribution in [0.3, 0.4) is 0 Å². The number of rotatable bonds is 6. The van der Waals surface area contributed by atoms with E-state index in [1.807, 2.05) is 36.1 Å². The molecule has 0 saturated carbocycles. The summed E-state index contributed by atoms with van der Waals surface area (Å²) in [4.78, 5) is 14.6. The van der Waals surface area contributed by atoms with Crippen molar-refractivity contribution in [2.75, 3.05) is 44.8 Å². The Morgan fingerprint density at radius 2 is 1.83 bits per heavy atom. The lowest BCUT2D eigenvalue weighted by atomic mass is 10.2. The molecule has 2 aliphatic heterocycles.